The molecule has 1 aromatic heterocycles. The van der Waals surface area contributed by atoms with E-state index >= 15 is 0 Å². The summed E-state index contributed by atoms with van der Waals surface area (Å²) in [4.78, 5) is 12.1. The van der Waals surface area contributed by atoms with Crippen LogP contribution in [0.5, 0.6) is 0 Å². The molecule has 2 nitrogen and oxygen atoms in total. The molecule has 0 saturated carbocycles. The number of rotatable bonds is 2. The highest BCUT2D eigenvalue weighted by Crippen LogP contribution is 2.27. The predicted octanol–water partition coefficient (Wildman–Crippen LogP) is 5.13. The minimum Gasteiger partial charge on any atom is -0.456 e. The van der Waals surface area contributed by atoms with E-state index in [1.54, 1.807) is 0 Å². The molecule has 4 rings (SSSR count). The van der Waals surface area contributed by atoms with Gasteiger partial charge in [-0.1, -0.05) is 66.7 Å². The van der Waals surface area contributed by atoms with Crippen molar-refractivity contribution in [2.24, 2.45) is 0 Å². The molecule has 0 N–H and O–H groups in total. The van der Waals surface area contributed by atoms with Gasteiger partial charge in [0.05, 0.1) is 0 Å². The van der Waals surface area contributed by atoms with Gasteiger partial charge in [0.1, 0.15) is 11.5 Å². The second kappa shape index (κ2) is 5.58. The number of benzene rings is 3. The molecule has 0 aliphatic carbocycles. The van der Waals surface area contributed by atoms with Crippen LogP contribution in [-0.2, 0) is 0 Å². The van der Waals surface area contributed by atoms with Crippen LogP contribution in [0.4, 0.5) is 0 Å². The normalized spacial score (nSPS) is 10.8. The molecule has 0 spiro atoms. The lowest BCUT2D eigenvalue weighted by Gasteiger charge is -2.06. The zero-order valence-corrected chi connectivity index (χ0v) is 12.4. The Kier molecular flexibility index (Phi) is 3.28. The van der Waals surface area contributed by atoms with Gasteiger partial charge in [0, 0.05) is 23.3 Å². The van der Waals surface area contributed by atoms with Crippen molar-refractivity contribution in [2.75, 3.05) is 0 Å². The number of hydrogen-bond donors (Lipinski definition) is 0. The largest absolute Gasteiger partial charge is 0.456 e. The van der Waals surface area contributed by atoms with Crippen molar-refractivity contribution in [3.05, 3.63) is 95.2 Å². The molecule has 3 aromatic carbocycles. The second-order valence-electron chi connectivity index (χ2n) is 5.45. The molecular weight excluding hydrogens is 284 g/mol. The van der Waals surface area contributed by atoms with Gasteiger partial charge in [-0.2, -0.15) is 0 Å². The molecule has 0 unspecified atom stereocenters. The molecule has 0 atom stereocenters. The van der Waals surface area contributed by atoms with Crippen LogP contribution in [0.1, 0.15) is 0 Å². The number of hydrogen-bond acceptors (Lipinski definition) is 2. The standard InChI is InChI=1S/C21H14O2/c22-19-13-20(16-7-2-1-3-8-16)23-21(14-19)18-11-10-15-6-4-5-9-17(15)12-18/h1-14H. The van der Waals surface area contributed by atoms with Gasteiger partial charge in [-0.25, -0.2) is 0 Å². The Morgan fingerprint density at radius 2 is 1.22 bits per heavy atom. The first-order chi connectivity index (χ1) is 11.3. The highest BCUT2D eigenvalue weighted by Gasteiger charge is 2.07. The Labute approximate surface area is 133 Å². The molecule has 110 valence electrons. The lowest BCUT2D eigenvalue weighted by Crippen LogP contribution is -1.98. The van der Waals surface area contributed by atoms with E-state index in [2.05, 4.69) is 12.1 Å². The fraction of sp³-hybridized carbons (Fsp3) is 0. The van der Waals surface area contributed by atoms with Crippen LogP contribution in [0.25, 0.3) is 33.4 Å². The maximum absolute atomic E-state index is 12.1. The zero-order chi connectivity index (χ0) is 15.6. The fourth-order valence-corrected chi connectivity index (χ4v) is 2.71. The maximum Gasteiger partial charge on any atom is 0.186 e. The monoisotopic (exact) mass is 298 g/mol. The van der Waals surface area contributed by atoms with E-state index in [-0.39, 0.29) is 5.43 Å². The molecule has 4 aromatic rings. The first-order valence-electron chi connectivity index (χ1n) is 7.49. The minimum atomic E-state index is -0.0572. The summed E-state index contributed by atoms with van der Waals surface area (Å²) >= 11 is 0. The highest BCUT2D eigenvalue weighted by molar-refractivity contribution is 5.86. The van der Waals surface area contributed by atoms with E-state index in [0.29, 0.717) is 11.5 Å². The molecule has 0 bridgehead atoms. The quantitative estimate of drug-likeness (QED) is 0.513. The van der Waals surface area contributed by atoms with Crippen LogP contribution in [0.3, 0.4) is 0 Å². The Morgan fingerprint density at radius 1 is 0.565 bits per heavy atom. The van der Waals surface area contributed by atoms with Crippen molar-refractivity contribution in [2.45, 2.75) is 0 Å². The lowest BCUT2D eigenvalue weighted by atomic mass is 10.0. The van der Waals surface area contributed by atoms with E-state index in [1.807, 2.05) is 60.7 Å². The van der Waals surface area contributed by atoms with Gasteiger partial charge in [0.25, 0.3) is 0 Å². The Morgan fingerprint density at radius 3 is 2.00 bits per heavy atom. The Balaban J connectivity index is 1.87. The first kappa shape index (κ1) is 13.5. The first-order valence-corrected chi connectivity index (χ1v) is 7.49. The van der Waals surface area contributed by atoms with Crippen molar-refractivity contribution >= 4 is 10.8 Å². The van der Waals surface area contributed by atoms with E-state index in [4.69, 9.17) is 4.42 Å². The average Bonchev–Trinajstić information content (AvgIpc) is 2.61. The SMILES string of the molecule is O=c1cc(-c2ccccc2)oc(-c2ccc3ccccc3c2)c1. The maximum atomic E-state index is 12.1. The molecule has 0 radical (unpaired) electrons. The Bertz CT molecular complexity index is 1030. The third kappa shape index (κ3) is 2.67. The van der Waals surface area contributed by atoms with Crippen LogP contribution in [-0.4, -0.2) is 0 Å². The molecule has 0 aliphatic rings. The van der Waals surface area contributed by atoms with Crippen LogP contribution in [0.2, 0.25) is 0 Å². The summed E-state index contributed by atoms with van der Waals surface area (Å²) in [7, 11) is 0. The summed E-state index contributed by atoms with van der Waals surface area (Å²) in [6.45, 7) is 0. The number of fused-ring (bicyclic) bond motifs is 1. The summed E-state index contributed by atoms with van der Waals surface area (Å²) in [6, 6.07) is 26.9. The van der Waals surface area contributed by atoms with Crippen molar-refractivity contribution in [3.8, 4) is 22.6 Å². The van der Waals surface area contributed by atoms with Gasteiger partial charge >= 0.3 is 0 Å². The van der Waals surface area contributed by atoms with Gasteiger partial charge in [-0.05, 0) is 16.8 Å². The van der Waals surface area contributed by atoms with Crippen molar-refractivity contribution < 1.29 is 4.42 Å². The van der Waals surface area contributed by atoms with E-state index < -0.39 is 0 Å². The van der Waals surface area contributed by atoms with Gasteiger partial charge < -0.3 is 4.42 Å². The fourth-order valence-electron chi connectivity index (χ4n) is 2.71. The average molecular weight is 298 g/mol. The molecule has 0 fully saturated rings. The van der Waals surface area contributed by atoms with Gasteiger partial charge in [-0.3, -0.25) is 4.79 Å². The molecule has 0 amide bonds. The van der Waals surface area contributed by atoms with Crippen molar-refractivity contribution in [1.82, 2.24) is 0 Å². The summed E-state index contributed by atoms with van der Waals surface area (Å²) in [5, 5.41) is 2.29. The van der Waals surface area contributed by atoms with E-state index in [1.165, 1.54) is 12.1 Å². The smallest absolute Gasteiger partial charge is 0.186 e. The van der Waals surface area contributed by atoms with Crippen LogP contribution < -0.4 is 5.43 Å². The second-order valence-corrected chi connectivity index (χ2v) is 5.45. The third-order valence-corrected chi connectivity index (χ3v) is 3.86. The van der Waals surface area contributed by atoms with E-state index in [9.17, 15) is 4.79 Å². The van der Waals surface area contributed by atoms with Crippen molar-refractivity contribution in [1.29, 1.82) is 0 Å². The predicted molar refractivity (Wildman–Crippen MR) is 93.4 cm³/mol. The van der Waals surface area contributed by atoms with Crippen LogP contribution in [0.15, 0.2) is 94.1 Å². The molecule has 23 heavy (non-hydrogen) atoms. The molecule has 0 saturated heterocycles. The van der Waals surface area contributed by atoms with Gasteiger partial charge in [-0.15, -0.1) is 0 Å². The topological polar surface area (TPSA) is 30.2 Å². The summed E-state index contributed by atoms with van der Waals surface area (Å²) in [6.07, 6.45) is 0. The molecule has 0 aliphatic heterocycles. The summed E-state index contributed by atoms with van der Waals surface area (Å²) < 4.78 is 5.98. The Hall–Kier alpha value is -3.13. The zero-order valence-electron chi connectivity index (χ0n) is 12.4. The van der Waals surface area contributed by atoms with Crippen molar-refractivity contribution in [3.63, 3.8) is 0 Å². The third-order valence-electron chi connectivity index (χ3n) is 3.86. The lowest BCUT2D eigenvalue weighted by molar-refractivity contribution is 0.580. The van der Waals surface area contributed by atoms with Crippen LogP contribution in [0, 0.1) is 0 Å². The molecular formula is C21H14O2. The minimum absolute atomic E-state index is 0.0572. The van der Waals surface area contributed by atoms with Gasteiger partial charge in [0.2, 0.25) is 0 Å². The van der Waals surface area contributed by atoms with Crippen LogP contribution >= 0.6 is 0 Å². The molecule has 2 heteroatoms. The van der Waals surface area contributed by atoms with Gasteiger partial charge in [0.15, 0.2) is 5.43 Å². The summed E-state index contributed by atoms with van der Waals surface area (Å²) in [5.74, 6) is 1.17. The highest BCUT2D eigenvalue weighted by atomic mass is 16.3. The molecule has 1 heterocycles. The van der Waals surface area contributed by atoms with E-state index in [0.717, 1.165) is 21.9 Å². The summed E-state index contributed by atoms with van der Waals surface area (Å²) in [5.41, 5.74) is 1.74.